The summed E-state index contributed by atoms with van der Waals surface area (Å²) in [6.45, 7) is 6.97. The van der Waals surface area contributed by atoms with Gasteiger partial charge in [0.1, 0.15) is 0 Å². The normalized spacial score (nSPS) is 26.9. The van der Waals surface area contributed by atoms with Gasteiger partial charge < -0.3 is 10.1 Å². The second kappa shape index (κ2) is 6.13. The lowest BCUT2D eigenvalue weighted by Gasteiger charge is -2.35. The van der Waals surface area contributed by atoms with E-state index in [-0.39, 0.29) is 0 Å². The van der Waals surface area contributed by atoms with Crippen LogP contribution in [-0.2, 0) is 18.3 Å². The molecule has 2 unspecified atom stereocenters. The highest BCUT2D eigenvalue weighted by molar-refractivity contribution is 9.10. The Bertz CT molecular complexity index is 476. The van der Waals surface area contributed by atoms with E-state index in [4.69, 9.17) is 4.74 Å². The Morgan fingerprint density at radius 1 is 1.50 bits per heavy atom. The van der Waals surface area contributed by atoms with Crippen molar-refractivity contribution in [2.45, 2.75) is 38.5 Å². The molecule has 1 N–H and O–H groups in total. The fourth-order valence-electron chi connectivity index (χ4n) is 3.23. The van der Waals surface area contributed by atoms with E-state index in [2.05, 4.69) is 31.2 Å². The second-order valence-corrected chi connectivity index (χ2v) is 6.64. The summed E-state index contributed by atoms with van der Waals surface area (Å²) in [5.41, 5.74) is 2.23. The van der Waals surface area contributed by atoms with Crippen molar-refractivity contribution in [1.82, 2.24) is 20.0 Å². The van der Waals surface area contributed by atoms with E-state index in [1.807, 2.05) is 18.7 Å². The largest absolute Gasteiger partial charge is 0.374 e. The number of halogens is 1. The van der Waals surface area contributed by atoms with Crippen molar-refractivity contribution in [3.63, 3.8) is 0 Å². The number of nitrogens with zero attached hydrogens (tertiary/aromatic N) is 3. The van der Waals surface area contributed by atoms with Gasteiger partial charge in [-0.2, -0.15) is 5.10 Å². The third kappa shape index (κ3) is 2.93. The molecule has 2 fully saturated rings. The Morgan fingerprint density at radius 2 is 2.35 bits per heavy atom. The van der Waals surface area contributed by atoms with Crippen molar-refractivity contribution >= 4 is 15.9 Å². The lowest BCUT2D eigenvalue weighted by atomic mass is 10.2. The van der Waals surface area contributed by atoms with E-state index in [1.54, 1.807) is 0 Å². The number of nitrogens with one attached hydrogen (secondary N) is 1. The average Bonchev–Trinajstić information content (AvgIpc) is 2.98. The zero-order valence-electron chi connectivity index (χ0n) is 12.2. The van der Waals surface area contributed by atoms with Crippen molar-refractivity contribution in [1.29, 1.82) is 0 Å². The first-order chi connectivity index (χ1) is 9.65. The highest BCUT2D eigenvalue weighted by atomic mass is 79.9. The molecule has 1 aromatic rings. The molecule has 2 aliphatic heterocycles. The summed E-state index contributed by atoms with van der Waals surface area (Å²) >= 11 is 3.60. The Hall–Kier alpha value is -0.430. The molecule has 2 atom stereocenters. The fraction of sp³-hybridized carbons (Fsp3) is 0.786. The van der Waals surface area contributed by atoms with Crippen LogP contribution in [0.1, 0.15) is 24.2 Å². The first-order valence-corrected chi connectivity index (χ1v) is 8.19. The molecule has 0 bridgehead atoms. The van der Waals surface area contributed by atoms with E-state index < -0.39 is 0 Å². The van der Waals surface area contributed by atoms with Crippen LogP contribution in [0.5, 0.6) is 0 Å². The van der Waals surface area contributed by atoms with E-state index in [0.29, 0.717) is 12.1 Å². The summed E-state index contributed by atoms with van der Waals surface area (Å²) in [5, 5.41) is 7.91. The minimum absolute atomic E-state index is 0.317. The first-order valence-electron chi connectivity index (χ1n) is 7.39. The Kier molecular flexibility index (Phi) is 4.45. The molecule has 0 amide bonds. The van der Waals surface area contributed by atoms with Gasteiger partial charge in [-0.3, -0.25) is 9.58 Å². The molecule has 112 valence electrons. The number of ether oxygens (including phenoxy) is 1. The van der Waals surface area contributed by atoms with Gasteiger partial charge in [-0.05, 0) is 42.2 Å². The molecule has 3 heterocycles. The van der Waals surface area contributed by atoms with Crippen LogP contribution in [0.3, 0.4) is 0 Å². The minimum atomic E-state index is 0.317. The third-order valence-electron chi connectivity index (χ3n) is 4.39. The molecule has 2 saturated heterocycles. The number of hydrogen-bond acceptors (Lipinski definition) is 4. The van der Waals surface area contributed by atoms with E-state index in [1.165, 1.54) is 25.1 Å². The lowest BCUT2D eigenvalue weighted by Crippen LogP contribution is -2.49. The number of aromatic nitrogens is 2. The average molecular weight is 343 g/mol. The van der Waals surface area contributed by atoms with Crippen molar-refractivity contribution in [2.24, 2.45) is 7.05 Å². The summed E-state index contributed by atoms with van der Waals surface area (Å²) in [4.78, 5) is 2.58. The van der Waals surface area contributed by atoms with Crippen LogP contribution in [-0.4, -0.2) is 53.1 Å². The van der Waals surface area contributed by atoms with Gasteiger partial charge in [0.2, 0.25) is 0 Å². The number of hydrogen-bond donors (Lipinski definition) is 1. The summed E-state index contributed by atoms with van der Waals surface area (Å²) in [6, 6.07) is 0.681. The van der Waals surface area contributed by atoms with Crippen LogP contribution < -0.4 is 5.32 Å². The number of fused-ring (bicyclic) bond motifs is 1. The number of rotatable bonds is 4. The molecular formula is C14H23BrN4O. The molecule has 6 heteroatoms. The minimum Gasteiger partial charge on any atom is -0.374 e. The van der Waals surface area contributed by atoms with Gasteiger partial charge in [0, 0.05) is 32.7 Å². The van der Waals surface area contributed by atoms with Gasteiger partial charge in [0.25, 0.3) is 0 Å². The standard InChI is InChI=1S/C14H23BrN4O/c1-10-14(15)13(18(2)17-10)7-16-6-12-8-19-5-3-4-11(19)9-20-12/h11-12,16H,3-9H2,1-2H3. The van der Waals surface area contributed by atoms with Crippen LogP contribution in [0.15, 0.2) is 4.47 Å². The Morgan fingerprint density at radius 3 is 3.10 bits per heavy atom. The molecule has 0 aliphatic carbocycles. The van der Waals surface area contributed by atoms with E-state index >= 15 is 0 Å². The maximum absolute atomic E-state index is 5.96. The first kappa shape index (κ1) is 14.5. The van der Waals surface area contributed by atoms with Crippen molar-refractivity contribution in [3.05, 3.63) is 15.9 Å². The van der Waals surface area contributed by atoms with Crippen LogP contribution in [0.25, 0.3) is 0 Å². The third-order valence-corrected chi connectivity index (χ3v) is 5.42. The van der Waals surface area contributed by atoms with Gasteiger partial charge in [0.15, 0.2) is 0 Å². The van der Waals surface area contributed by atoms with Crippen molar-refractivity contribution < 1.29 is 4.74 Å². The van der Waals surface area contributed by atoms with Crippen LogP contribution >= 0.6 is 15.9 Å². The number of morpholine rings is 1. The highest BCUT2D eigenvalue weighted by Gasteiger charge is 2.31. The summed E-state index contributed by atoms with van der Waals surface area (Å²) in [6.07, 6.45) is 2.95. The monoisotopic (exact) mass is 342 g/mol. The molecule has 0 radical (unpaired) electrons. The Balaban J connectivity index is 1.48. The predicted octanol–water partition coefficient (Wildman–Crippen LogP) is 1.44. The number of aryl methyl sites for hydroxylation is 2. The topological polar surface area (TPSA) is 42.3 Å². The van der Waals surface area contributed by atoms with Gasteiger partial charge in [-0.15, -0.1) is 0 Å². The summed E-state index contributed by atoms with van der Waals surface area (Å²) in [7, 11) is 1.99. The molecule has 2 aliphatic rings. The fourth-order valence-corrected chi connectivity index (χ4v) is 3.71. The molecule has 0 aromatic carbocycles. The maximum Gasteiger partial charge on any atom is 0.0827 e. The van der Waals surface area contributed by atoms with Gasteiger partial charge in [-0.25, -0.2) is 0 Å². The van der Waals surface area contributed by atoms with Gasteiger partial charge >= 0.3 is 0 Å². The Labute approximate surface area is 128 Å². The van der Waals surface area contributed by atoms with Crippen molar-refractivity contribution in [3.8, 4) is 0 Å². The molecule has 0 spiro atoms. The van der Waals surface area contributed by atoms with E-state index in [0.717, 1.165) is 36.4 Å². The molecule has 20 heavy (non-hydrogen) atoms. The highest BCUT2D eigenvalue weighted by Crippen LogP contribution is 2.23. The molecule has 3 rings (SSSR count). The molecule has 0 saturated carbocycles. The van der Waals surface area contributed by atoms with E-state index in [9.17, 15) is 0 Å². The van der Waals surface area contributed by atoms with Crippen LogP contribution in [0.2, 0.25) is 0 Å². The summed E-state index contributed by atoms with van der Waals surface area (Å²) < 4.78 is 9.00. The molecule has 5 nitrogen and oxygen atoms in total. The second-order valence-electron chi connectivity index (χ2n) is 5.85. The zero-order valence-corrected chi connectivity index (χ0v) is 13.8. The smallest absolute Gasteiger partial charge is 0.0827 e. The van der Waals surface area contributed by atoms with Crippen molar-refractivity contribution in [2.75, 3.05) is 26.2 Å². The zero-order chi connectivity index (χ0) is 14.1. The molecule has 1 aromatic heterocycles. The SMILES string of the molecule is Cc1nn(C)c(CNCC2CN3CCCC3CO2)c1Br. The quantitative estimate of drug-likeness (QED) is 0.899. The van der Waals surface area contributed by atoms with Crippen LogP contribution in [0, 0.1) is 6.92 Å². The van der Waals surface area contributed by atoms with Crippen LogP contribution in [0.4, 0.5) is 0 Å². The lowest BCUT2D eigenvalue weighted by molar-refractivity contribution is -0.0470. The summed E-state index contributed by atoms with van der Waals surface area (Å²) in [5.74, 6) is 0. The maximum atomic E-state index is 5.96. The van der Waals surface area contributed by atoms with Gasteiger partial charge in [-0.1, -0.05) is 0 Å². The van der Waals surface area contributed by atoms with Gasteiger partial charge in [0.05, 0.1) is 28.6 Å². The predicted molar refractivity (Wildman–Crippen MR) is 81.7 cm³/mol. The molecular weight excluding hydrogens is 320 g/mol.